The quantitative estimate of drug-likeness (QED) is 0.889. The van der Waals surface area contributed by atoms with Crippen LogP contribution in [-0.4, -0.2) is 23.0 Å². The van der Waals surface area contributed by atoms with E-state index in [1.807, 2.05) is 0 Å². The van der Waals surface area contributed by atoms with Gasteiger partial charge in [0.2, 0.25) is 0 Å². The number of H-pyrrole nitrogens is 1. The number of benzene rings is 1. The molecule has 1 aliphatic rings. The Kier molecular flexibility index (Phi) is 3.21. The van der Waals surface area contributed by atoms with Crippen molar-refractivity contribution in [3.8, 4) is 0 Å². The summed E-state index contributed by atoms with van der Waals surface area (Å²) in [5.41, 5.74) is 2.64. The van der Waals surface area contributed by atoms with Crippen LogP contribution < -0.4 is 0 Å². The molecule has 1 N–H and O–H groups in total. The van der Waals surface area contributed by atoms with E-state index in [4.69, 9.17) is 0 Å². The molecule has 0 aliphatic carbocycles. The molecule has 0 radical (unpaired) electrons. The third-order valence-electron chi connectivity index (χ3n) is 3.58. The molecule has 0 saturated carbocycles. The van der Waals surface area contributed by atoms with Crippen LogP contribution in [0.25, 0.3) is 10.9 Å². The van der Waals surface area contributed by atoms with Crippen LogP contribution in [0.1, 0.15) is 24.8 Å². The largest absolute Gasteiger partial charge is 0.361 e. The smallest absolute Gasteiger partial charge is 0.0468 e. The predicted molar refractivity (Wildman–Crippen MR) is 75.1 cm³/mol. The molecular weight excluding hydrogens is 276 g/mol. The zero-order valence-corrected chi connectivity index (χ0v) is 11.5. The Bertz CT molecular complexity index is 512. The molecular formula is C14H17BrN2. The molecule has 90 valence electrons. The van der Waals surface area contributed by atoms with Gasteiger partial charge in [0.15, 0.2) is 0 Å². The Hall–Kier alpha value is -0.800. The lowest BCUT2D eigenvalue weighted by molar-refractivity contribution is 0.221. The topological polar surface area (TPSA) is 19.0 Å². The Morgan fingerprint density at radius 2 is 2.00 bits per heavy atom. The highest BCUT2D eigenvalue weighted by molar-refractivity contribution is 9.10. The second kappa shape index (κ2) is 4.83. The highest BCUT2D eigenvalue weighted by Gasteiger charge is 2.13. The molecule has 1 aromatic carbocycles. The molecule has 2 heterocycles. The lowest BCUT2D eigenvalue weighted by Crippen LogP contribution is -2.28. The number of halogens is 1. The first-order valence-electron chi connectivity index (χ1n) is 6.31. The summed E-state index contributed by atoms with van der Waals surface area (Å²) >= 11 is 3.65. The van der Waals surface area contributed by atoms with Crippen LogP contribution in [0.15, 0.2) is 28.9 Å². The Morgan fingerprint density at radius 1 is 1.18 bits per heavy atom. The molecule has 2 nitrogen and oxygen atoms in total. The van der Waals surface area contributed by atoms with Crippen LogP contribution >= 0.6 is 15.9 Å². The molecule has 0 atom stereocenters. The van der Waals surface area contributed by atoms with Crippen LogP contribution in [0.2, 0.25) is 0 Å². The average Bonchev–Trinajstić information content (AvgIpc) is 2.75. The van der Waals surface area contributed by atoms with Gasteiger partial charge in [-0.2, -0.15) is 0 Å². The van der Waals surface area contributed by atoms with E-state index in [0.717, 1.165) is 6.54 Å². The van der Waals surface area contributed by atoms with Crippen molar-refractivity contribution in [2.75, 3.05) is 13.1 Å². The van der Waals surface area contributed by atoms with Gasteiger partial charge in [-0.05, 0) is 43.6 Å². The minimum atomic E-state index is 1.07. The monoisotopic (exact) mass is 292 g/mol. The highest BCUT2D eigenvalue weighted by atomic mass is 79.9. The molecule has 1 aromatic heterocycles. The lowest BCUT2D eigenvalue weighted by atomic mass is 10.1. The van der Waals surface area contributed by atoms with E-state index in [1.165, 1.54) is 53.3 Å². The first kappa shape index (κ1) is 11.3. The van der Waals surface area contributed by atoms with E-state index >= 15 is 0 Å². The minimum absolute atomic E-state index is 1.07. The van der Waals surface area contributed by atoms with Gasteiger partial charge < -0.3 is 4.98 Å². The summed E-state index contributed by atoms with van der Waals surface area (Å²) in [5, 5.41) is 1.35. The Labute approximate surface area is 110 Å². The predicted octanol–water partition coefficient (Wildman–Crippen LogP) is 3.92. The van der Waals surface area contributed by atoms with Gasteiger partial charge in [0.25, 0.3) is 0 Å². The number of aromatic amines is 1. The fraction of sp³-hybridized carbons (Fsp3) is 0.429. The number of hydrogen-bond acceptors (Lipinski definition) is 1. The standard InChI is InChI=1S/C14H17BrN2/c15-12-5-4-6-13-14(12)11(9-16-13)10-17-7-2-1-3-8-17/h4-6,9,16H,1-3,7-8,10H2. The van der Waals surface area contributed by atoms with Crippen LogP contribution in [0.4, 0.5) is 0 Å². The van der Waals surface area contributed by atoms with Gasteiger partial charge in [-0.1, -0.05) is 28.4 Å². The maximum Gasteiger partial charge on any atom is 0.0468 e. The molecule has 0 spiro atoms. The van der Waals surface area contributed by atoms with E-state index in [-0.39, 0.29) is 0 Å². The van der Waals surface area contributed by atoms with Crippen molar-refractivity contribution in [2.24, 2.45) is 0 Å². The lowest BCUT2D eigenvalue weighted by Gasteiger charge is -2.26. The van der Waals surface area contributed by atoms with Crippen LogP contribution in [0.5, 0.6) is 0 Å². The van der Waals surface area contributed by atoms with Crippen molar-refractivity contribution in [3.63, 3.8) is 0 Å². The van der Waals surface area contributed by atoms with Crippen molar-refractivity contribution >= 4 is 26.8 Å². The summed E-state index contributed by atoms with van der Waals surface area (Å²) in [6.07, 6.45) is 6.26. The number of piperidine rings is 1. The normalized spacial score (nSPS) is 17.7. The number of likely N-dealkylation sites (tertiary alicyclic amines) is 1. The fourth-order valence-corrected chi connectivity index (χ4v) is 3.31. The minimum Gasteiger partial charge on any atom is -0.361 e. The van der Waals surface area contributed by atoms with Gasteiger partial charge in [-0.3, -0.25) is 4.90 Å². The van der Waals surface area contributed by atoms with Crippen molar-refractivity contribution in [2.45, 2.75) is 25.8 Å². The Morgan fingerprint density at radius 3 is 2.82 bits per heavy atom. The van der Waals surface area contributed by atoms with Crippen LogP contribution in [0, 0.1) is 0 Å². The summed E-state index contributed by atoms with van der Waals surface area (Å²) < 4.78 is 1.20. The average molecular weight is 293 g/mol. The van der Waals surface area contributed by atoms with E-state index < -0.39 is 0 Å². The van der Waals surface area contributed by atoms with Gasteiger partial charge in [0.1, 0.15) is 0 Å². The third kappa shape index (κ3) is 2.26. The summed E-state index contributed by atoms with van der Waals surface area (Å²) in [6.45, 7) is 3.57. The molecule has 1 aliphatic heterocycles. The fourth-order valence-electron chi connectivity index (χ4n) is 2.69. The van der Waals surface area contributed by atoms with Gasteiger partial charge in [0.05, 0.1) is 0 Å². The van der Waals surface area contributed by atoms with Crippen molar-refractivity contribution in [1.82, 2.24) is 9.88 Å². The van der Waals surface area contributed by atoms with Gasteiger partial charge in [-0.15, -0.1) is 0 Å². The van der Waals surface area contributed by atoms with Crippen molar-refractivity contribution in [3.05, 3.63) is 34.4 Å². The van der Waals surface area contributed by atoms with Crippen LogP contribution in [0.3, 0.4) is 0 Å². The molecule has 1 fully saturated rings. The highest BCUT2D eigenvalue weighted by Crippen LogP contribution is 2.28. The first-order chi connectivity index (χ1) is 8.34. The van der Waals surface area contributed by atoms with Gasteiger partial charge >= 0.3 is 0 Å². The van der Waals surface area contributed by atoms with Crippen LogP contribution in [-0.2, 0) is 6.54 Å². The molecule has 2 aromatic rings. The third-order valence-corrected chi connectivity index (χ3v) is 4.24. The van der Waals surface area contributed by atoms with E-state index in [2.05, 4.69) is 50.2 Å². The second-order valence-electron chi connectivity index (χ2n) is 4.81. The molecule has 17 heavy (non-hydrogen) atoms. The molecule has 0 amide bonds. The summed E-state index contributed by atoms with van der Waals surface area (Å²) in [4.78, 5) is 5.92. The molecule has 0 unspecified atom stereocenters. The molecule has 0 bridgehead atoms. The summed E-state index contributed by atoms with van der Waals surface area (Å²) in [7, 11) is 0. The Balaban J connectivity index is 1.89. The van der Waals surface area contributed by atoms with E-state index in [1.54, 1.807) is 0 Å². The summed E-state index contributed by atoms with van der Waals surface area (Å²) in [6, 6.07) is 6.34. The first-order valence-corrected chi connectivity index (χ1v) is 7.11. The van der Waals surface area contributed by atoms with Crippen molar-refractivity contribution in [1.29, 1.82) is 0 Å². The zero-order valence-electron chi connectivity index (χ0n) is 9.88. The number of hydrogen-bond donors (Lipinski definition) is 1. The molecule has 3 heteroatoms. The number of nitrogens with zero attached hydrogens (tertiary/aromatic N) is 1. The maximum atomic E-state index is 3.65. The molecule has 3 rings (SSSR count). The number of aromatic nitrogens is 1. The van der Waals surface area contributed by atoms with Gasteiger partial charge in [-0.25, -0.2) is 0 Å². The zero-order chi connectivity index (χ0) is 11.7. The number of rotatable bonds is 2. The SMILES string of the molecule is Brc1cccc2[nH]cc(CN3CCCCC3)c12. The van der Waals surface area contributed by atoms with E-state index in [9.17, 15) is 0 Å². The van der Waals surface area contributed by atoms with Crippen molar-refractivity contribution < 1.29 is 0 Å². The molecule has 1 saturated heterocycles. The van der Waals surface area contributed by atoms with Gasteiger partial charge in [0, 0.05) is 28.1 Å². The number of fused-ring (bicyclic) bond motifs is 1. The maximum absolute atomic E-state index is 3.65. The number of nitrogens with one attached hydrogen (secondary N) is 1. The van der Waals surface area contributed by atoms with E-state index in [0.29, 0.717) is 0 Å². The summed E-state index contributed by atoms with van der Waals surface area (Å²) in [5.74, 6) is 0. The second-order valence-corrected chi connectivity index (χ2v) is 5.67.